The van der Waals surface area contributed by atoms with Gasteiger partial charge in [-0.05, 0) is 29.8 Å². The fourth-order valence-corrected chi connectivity index (χ4v) is 1.14. The van der Waals surface area contributed by atoms with Gasteiger partial charge in [0.05, 0.1) is 5.56 Å². The average Bonchev–Trinajstić information content (AvgIpc) is 2.12. The molecule has 0 fully saturated rings. The van der Waals surface area contributed by atoms with Gasteiger partial charge in [-0.3, -0.25) is 0 Å². The van der Waals surface area contributed by atoms with Gasteiger partial charge in [-0.25, -0.2) is 4.79 Å². The lowest BCUT2D eigenvalue weighted by Crippen LogP contribution is -2.07. The molecule has 0 unspecified atom stereocenters. The number of nitrogen functional groups attached to an aromatic ring is 1. The lowest BCUT2D eigenvalue weighted by molar-refractivity contribution is -0.138. The highest BCUT2D eigenvalue weighted by Gasteiger charge is 2.32. The second kappa shape index (κ2) is 4.26. The molecule has 1 aromatic carbocycles. The summed E-state index contributed by atoms with van der Waals surface area (Å²) in [5.74, 6) is -1.32. The molecule has 1 rings (SSSR count). The minimum Gasteiger partial charge on any atom is -0.478 e. The number of benzene rings is 1. The van der Waals surface area contributed by atoms with E-state index >= 15 is 0 Å². The van der Waals surface area contributed by atoms with Gasteiger partial charge >= 0.3 is 12.1 Å². The molecule has 3 nitrogen and oxygen atoms in total. The van der Waals surface area contributed by atoms with Crippen LogP contribution in [0, 0.1) is 0 Å². The van der Waals surface area contributed by atoms with Crippen molar-refractivity contribution in [2.45, 2.75) is 6.18 Å². The van der Waals surface area contributed by atoms with Gasteiger partial charge in [0.15, 0.2) is 0 Å². The molecule has 0 bridgehead atoms. The Morgan fingerprint density at radius 2 is 2.00 bits per heavy atom. The molecule has 0 spiro atoms. The fourth-order valence-electron chi connectivity index (χ4n) is 1.14. The number of anilines is 1. The quantitative estimate of drug-likeness (QED) is 0.606. The second-order valence-electron chi connectivity index (χ2n) is 3.02. The SMILES string of the molecule is Nc1ccc(C(F)(F)F)c(C=CC(=O)O)c1. The molecule has 0 amide bonds. The number of alkyl halides is 3. The molecule has 6 heteroatoms. The number of hydrogen-bond donors (Lipinski definition) is 2. The molecule has 0 atom stereocenters. The summed E-state index contributed by atoms with van der Waals surface area (Å²) in [4.78, 5) is 10.2. The normalized spacial score (nSPS) is 11.9. The molecule has 0 aromatic heterocycles. The second-order valence-corrected chi connectivity index (χ2v) is 3.02. The molecule has 16 heavy (non-hydrogen) atoms. The standard InChI is InChI=1S/C10H8F3NO2/c11-10(12,13)8-3-2-7(14)5-6(8)1-4-9(15)16/h1-5H,14H2,(H,15,16). The van der Waals surface area contributed by atoms with Gasteiger partial charge in [0.1, 0.15) is 0 Å². The maximum Gasteiger partial charge on any atom is 0.416 e. The largest absolute Gasteiger partial charge is 0.478 e. The number of aliphatic carboxylic acids is 1. The van der Waals surface area contributed by atoms with E-state index in [1.807, 2.05) is 0 Å². The summed E-state index contributed by atoms with van der Waals surface area (Å²) < 4.78 is 37.4. The summed E-state index contributed by atoms with van der Waals surface area (Å²) in [5, 5.41) is 8.34. The van der Waals surface area contributed by atoms with E-state index in [1.165, 1.54) is 0 Å². The van der Waals surface area contributed by atoms with Gasteiger partial charge in [0, 0.05) is 11.8 Å². The van der Waals surface area contributed by atoms with E-state index in [9.17, 15) is 18.0 Å². The van der Waals surface area contributed by atoms with Gasteiger partial charge < -0.3 is 10.8 Å². The van der Waals surface area contributed by atoms with E-state index in [-0.39, 0.29) is 11.3 Å². The van der Waals surface area contributed by atoms with Gasteiger partial charge in [0.2, 0.25) is 0 Å². The lowest BCUT2D eigenvalue weighted by Gasteiger charge is -2.10. The van der Waals surface area contributed by atoms with E-state index in [0.29, 0.717) is 6.08 Å². The van der Waals surface area contributed by atoms with Crippen LogP contribution in [0.1, 0.15) is 11.1 Å². The summed E-state index contributed by atoms with van der Waals surface area (Å²) in [6, 6.07) is 3.00. The maximum atomic E-state index is 12.5. The minimum absolute atomic E-state index is 0.137. The topological polar surface area (TPSA) is 63.3 Å². The van der Waals surface area contributed by atoms with Crippen LogP contribution in [0.15, 0.2) is 24.3 Å². The minimum atomic E-state index is -4.54. The number of rotatable bonds is 2. The Morgan fingerprint density at radius 1 is 1.38 bits per heavy atom. The van der Waals surface area contributed by atoms with E-state index in [2.05, 4.69) is 0 Å². The smallest absolute Gasteiger partial charge is 0.416 e. The Kier molecular flexibility index (Phi) is 3.22. The van der Waals surface area contributed by atoms with Crippen LogP contribution in [0.25, 0.3) is 6.08 Å². The Balaban J connectivity index is 3.24. The van der Waals surface area contributed by atoms with Crippen molar-refractivity contribution in [1.82, 2.24) is 0 Å². The first-order valence-electron chi connectivity index (χ1n) is 4.18. The van der Waals surface area contributed by atoms with Crippen LogP contribution >= 0.6 is 0 Å². The van der Waals surface area contributed by atoms with E-state index in [1.54, 1.807) is 0 Å². The van der Waals surface area contributed by atoms with Crippen molar-refractivity contribution in [3.05, 3.63) is 35.4 Å². The molecule has 0 aliphatic rings. The van der Waals surface area contributed by atoms with Crippen LogP contribution in [-0.2, 0) is 11.0 Å². The Bertz CT molecular complexity index is 438. The first kappa shape index (κ1) is 12.1. The number of carboxylic acids is 1. The maximum absolute atomic E-state index is 12.5. The van der Waals surface area contributed by atoms with Crippen LogP contribution in [0.5, 0.6) is 0 Å². The van der Waals surface area contributed by atoms with Crippen molar-refractivity contribution in [2.75, 3.05) is 5.73 Å². The summed E-state index contributed by atoms with van der Waals surface area (Å²) in [7, 11) is 0. The number of nitrogens with two attached hydrogens (primary N) is 1. The Morgan fingerprint density at radius 3 is 2.50 bits per heavy atom. The summed E-state index contributed by atoms with van der Waals surface area (Å²) in [5.41, 5.74) is 4.28. The zero-order chi connectivity index (χ0) is 12.3. The third kappa shape index (κ3) is 3.01. The molecular formula is C10H8F3NO2. The highest BCUT2D eigenvalue weighted by atomic mass is 19.4. The van der Waals surface area contributed by atoms with Crippen molar-refractivity contribution in [3.8, 4) is 0 Å². The van der Waals surface area contributed by atoms with Crippen molar-refractivity contribution in [3.63, 3.8) is 0 Å². The number of carbonyl (C=O) groups is 1. The molecule has 86 valence electrons. The van der Waals surface area contributed by atoms with E-state index in [0.717, 1.165) is 24.3 Å². The molecule has 0 radical (unpaired) electrons. The van der Waals surface area contributed by atoms with Gasteiger partial charge in [-0.1, -0.05) is 0 Å². The van der Waals surface area contributed by atoms with Crippen molar-refractivity contribution in [1.29, 1.82) is 0 Å². The van der Waals surface area contributed by atoms with Crippen molar-refractivity contribution < 1.29 is 23.1 Å². The number of carboxylic acid groups (broad SMARTS) is 1. The highest BCUT2D eigenvalue weighted by molar-refractivity contribution is 5.85. The van der Waals surface area contributed by atoms with Gasteiger partial charge in [0.25, 0.3) is 0 Å². The van der Waals surface area contributed by atoms with Gasteiger partial charge in [-0.15, -0.1) is 0 Å². The predicted octanol–water partition coefficient (Wildman–Crippen LogP) is 2.39. The molecule has 0 aliphatic carbocycles. The first-order valence-corrected chi connectivity index (χ1v) is 4.18. The third-order valence-electron chi connectivity index (χ3n) is 1.79. The molecule has 0 heterocycles. The Labute approximate surface area is 89.0 Å². The molecule has 3 N–H and O–H groups in total. The van der Waals surface area contributed by atoms with E-state index in [4.69, 9.17) is 10.8 Å². The van der Waals surface area contributed by atoms with Crippen LogP contribution in [-0.4, -0.2) is 11.1 Å². The van der Waals surface area contributed by atoms with Crippen molar-refractivity contribution in [2.24, 2.45) is 0 Å². The zero-order valence-corrected chi connectivity index (χ0v) is 7.95. The molecule has 0 saturated carbocycles. The predicted molar refractivity (Wildman–Crippen MR) is 52.5 cm³/mol. The number of hydrogen-bond acceptors (Lipinski definition) is 2. The summed E-state index contributed by atoms with van der Waals surface area (Å²) >= 11 is 0. The average molecular weight is 231 g/mol. The van der Waals surface area contributed by atoms with Crippen LogP contribution < -0.4 is 5.73 Å². The molecule has 1 aromatic rings. The summed E-state index contributed by atoms with van der Waals surface area (Å²) in [6.45, 7) is 0. The monoisotopic (exact) mass is 231 g/mol. The molecular weight excluding hydrogens is 223 g/mol. The number of halogens is 3. The van der Waals surface area contributed by atoms with E-state index < -0.39 is 17.7 Å². The lowest BCUT2D eigenvalue weighted by atomic mass is 10.1. The first-order chi connectivity index (χ1) is 7.30. The zero-order valence-electron chi connectivity index (χ0n) is 7.95. The molecule has 0 saturated heterocycles. The highest BCUT2D eigenvalue weighted by Crippen LogP contribution is 2.33. The summed E-state index contributed by atoms with van der Waals surface area (Å²) in [6.07, 6.45) is -3.04. The van der Waals surface area contributed by atoms with Crippen molar-refractivity contribution >= 4 is 17.7 Å². The van der Waals surface area contributed by atoms with Gasteiger partial charge in [-0.2, -0.15) is 13.2 Å². The third-order valence-corrected chi connectivity index (χ3v) is 1.79. The Hall–Kier alpha value is -1.98. The van der Waals surface area contributed by atoms with Crippen LogP contribution in [0.4, 0.5) is 18.9 Å². The molecule has 0 aliphatic heterocycles. The van der Waals surface area contributed by atoms with Crippen LogP contribution in [0.3, 0.4) is 0 Å². The fraction of sp³-hybridized carbons (Fsp3) is 0.100. The van der Waals surface area contributed by atoms with Crippen LogP contribution in [0.2, 0.25) is 0 Å².